The van der Waals surface area contributed by atoms with Crippen LogP contribution in [-0.2, 0) is 11.2 Å². The molecule has 0 bridgehead atoms. The molecule has 0 unspecified atom stereocenters. The first kappa shape index (κ1) is 13.4. The number of fused-ring (bicyclic) bond motifs is 3. The summed E-state index contributed by atoms with van der Waals surface area (Å²) in [6.45, 7) is 2.27. The largest absolute Gasteiger partial charge is 0.497 e. The fraction of sp³-hybridized carbons (Fsp3) is 0.684. The van der Waals surface area contributed by atoms with Crippen molar-refractivity contribution in [1.29, 1.82) is 0 Å². The van der Waals surface area contributed by atoms with Gasteiger partial charge >= 0.3 is 0 Å². The van der Waals surface area contributed by atoms with Gasteiger partial charge in [-0.2, -0.15) is 0 Å². The molecule has 5 rings (SSSR count). The lowest BCUT2D eigenvalue weighted by molar-refractivity contribution is -0.0810. The fourth-order valence-corrected chi connectivity index (χ4v) is 6.10. The Labute approximate surface area is 131 Å². The molecule has 3 fully saturated rings. The van der Waals surface area contributed by atoms with Gasteiger partial charge in [-0.25, -0.2) is 0 Å². The molecule has 1 aliphatic heterocycles. The number of rotatable bonds is 1. The van der Waals surface area contributed by atoms with E-state index < -0.39 is 0 Å². The molecule has 1 N–H and O–H groups in total. The van der Waals surface area contributed by atoms with Crippen molar-refractivity contribution in [2.45, 2.75) is 62.8 Å². The van der Waals surface area contributed by atoms with Gasteiger partial charge in [0.15, 0.2) is 0 Å². The number of ether oxygens (including phenoxy) is 2. The minimum atomic E-state index is -0.176. The molecule has 118 valence electrons. The molecule has 4 aliphatic rings. The second kappa shape index (κ2) is 4.07. The van der Waals surface area contributed by atoms with Gasteiger partial charge in [0.1, 0.15) is 11.4 Å². The van der Waals surface area contributed by atoms with Crippen LogP contribution in [0.2, 0.25) is 0 Å². The molecule has 1 saturated heterocycles. The Morgan fingerprint density at radius 3 is 3.00 bits per heavy atom. The molecule has 1 aromatic rings. The van der Waals surface area contributed by atoms with Crippen molar-refractivity contribution in [1.82, 2.24) is 0 Å². The van der Waals surface area contributed by atoms with Gasteiger partial charge in [-0.3, -0.25) is 0 Å². The summed E-state index contributed by atoms with van der Waals surface area (Å²) < 4.78 is 11.6. The van der Waals surface area contributed by atoms with E-state index in [1.54, 1.807) is 7.11 Å². The Bertz CT molecular complexity index is 642. The number of hydrogen-bond donors (Lipinski definition) is 1. The first-order chi connectivity index (χ1) is 10.6. The van der Waals surface area contributed by atoms with Crippen LogP contribution in [0.3, 0.4) is 0 Å². The van der Waals surface area contributed by atoms with Crippen molar-refractivity contribution in [2.75, 3.05) is 7.11 Å². The van der Waals surface area contributed by atoms with E-state index in [4.69, 9.17) is 9.47 Å². The third-order valence-electron chi connectivity index (χ3n) is 7.31. The Kier molecular flexibility index (Phi) is 2.47. The molecular formula is C19H24O3. The average molecular weight is 300 g/mol. The lowest BCUT2D eigenvalue weighted by Crippen LogP contribution is -2.52. The third-order valence-corrected chi connectivity index (χ3v) is 7.31. The van der Waals surface area contributed by atoms with E-state index in [1.165, 1.54) is 24.0 Å². The van der Waals surface area contributed by atoms with Crippen LogP contribution >= 0.6 is 0 Å². The Morgan fingerprint density at radius 2 is 2.18 bits per heavy atom. The van der Waals surface area contributed by atoms with Crippen molar-refractivity contribution in [3.63, 3.8) is 0 Å². The van der Waals surface area contributed by atoms with E-state index in [1.807, 2.05) is 0 Å². The van der Waals surface area contributed by atoms with E-state index in [2.05, 4.69) is 25.1 Å². The molecule has 1 heterocycles. The zero-order valence-corrected chi connectivity index (χ0v) is 13.3. The number of aryl methyl sites for hydroxylation is 1. The smallest absolute Gasteiger partial charge is 0.119 e. The number of methoxy groups -OCH3 is 1. The third kappa shape index (κ3) is 1.36. The molecule has 0 radical (unpaired) electrons. The lowest BCUT2D eigenvalue weighted by atomic mass is 9.54. The Balaban J connectivity index is 1.56. The van der Waals surface area contributed by atoms with Crippen molar-refractivity contribution in [2.24, 2.45) is 11.3 Å². The molecule has 0 aromatic heterocycles. The molecular weight excluding hydrogens is 276 g/mol. The van der Waals surface area contributed by atoms with Crippen LogP contribution in [0.1, 0.15) is 49.7 Å². The van der Waals surface area contributed by atoms with E-state index in [9.17, 15) is 5.11 Å². The molecule has 3 aliphatic carbocycles. The van der Waals surface area contributed by atoms with Gasteiger partial charge in [0.25, 0.3) is 0 Å². The van der Waals surface area contributed by atoms with Crippen molar-refractivity contribution >= 4 is 0 Å². The first-order valence-corrected chi connectivity index (χ1v) is 8.63. The highest BCUT2D eigenvalue weighted by atomic mass is 16.6. The summed E-state index contributed by atoms with van der Waals surface area (Å²) in [6, 6.07) is 6.58. The van der Waals surface area contributed by atoms with E-state index >= 15 is 0 Å². The molecule has 0 amide bonds. The SMILES string of the molecule is COc1ccc2c(c1)CC[C@@H]1[C@@H]2CC[C@]2(C)[C@@H](O)C[C@H]3O[C@]132. The minimum absolute atomic E-state index is 0.0250. The van der Waals surface area contributed by atoms with Crippen LogP contribution < -0.4 is 4.74 Å². The normalized spacial score (nSPS) is 48.0. The predicted octanol–water partition coefficient (Wildman–Crippen LogP) is 3.04. The standard InChI is InChI=1S/C19H24O3/c1-18-8-7-14-13-5-4-12(21-2)9-11(13)3-6-15(14)19(18)17(22-19)10-16(18)20/h4-5,9,14-17,20H,3,6-8,10H2,1-2H3/t14-,15-,16+,17-,18-,19-/m1/s1. The van der Waals surface area contributed by atoms with Gasteiger partial charge in [-0.05, 0) is 60.8 Å². The number of aliphatic hydroxyl groups is 1. The summed E-state index contributed by atoms with van der Waals surface area (Å²) in [5.41, 5.74) is 2.90. The van der Waals surface area contributed by atoms with Crippen LogP contribution in [0.4, 0.5) is 0 Å². The highest BCUT2D eigenvalue weighted by molar-refractivity contribution is 5.43. The molecule has 22 heavy (non-hydrogen) atoms. The van der Waals surface area contributed by atoms with Crippen molar-refractivity contribution in [3.8, 4) is 5.75 Å². The molecule has 3 nitrogen and oxygen atoms in total. The Morgan fingerprint density at radius 1 is 1.32 bits per heavy atom. The fourth-order valence-electron chi connectivity index (χ4n) is 6.10. The minimum Gasteiger partial charge on any atom is -0.497 e. The van der Waals surface area contributed by atoms with Crippen LogP contribution in [-0.4, -0.2) is 30.0 Å². The quantitative estimate of drug-likeness (QED) is 0.811. The second-order valence-corrected chi connectivity index (χ2v) is 7.92. The van der Waals surface area contributed by atoms with Gasteiger partial charge in [-0.1, -0.05) is 13.0 Å². The zero-order valence-electron chi connectivity index (χ0n) is 13.3. The van der Waals surface area contributed by atoms with Gasteiger partial charge in [0.05, 0.1) is 19.3 Å². The summed E-state index contributed by atoms with van der Waals surface area (Å²) in [6.07, 6.45) is 5.52. The Hall–Kier alpha value is -1.06. The monoisotopic (exact) mass is 300 g/mol. The highest BCUT2D eigenvalue weighted by Gasteiger charge is 2.79. The maximum absolute atomic E-state index is 10.5. The summed E-state index contributed by atoms with van der Waals surface area (Å²) in [5.74, 6) is 2.14. The lowest BCUT2D eigenvalue weighted by Gasteiger charge is -2.50. The predicted molar refractivity (Wildman–Crippen MR) is 83.1 cm³/mol. The maximum atomic E-state index is 10.5. The van der Waals surface area contributed by atoms with E-state index in [-0.39, 0.29) is 17.1 Å². The van der Waals surface area contributed by atoms with Crippen LogP contribution in [0.15, 0.2) is 18.2 Å². The molecule has 1 spiro atoms. The van der Waals surface area contributed by atoms with Gasteiger partial charge in [-0.15, -0.1) is 0 Å². The average Bonchev–Trinajstić information content (AvgIpc) is 3.19. The summed E-state index contributed by atoms with van der Waals surface area (Å²) in [5, 5.41) is 10.5. The second-order valence-electron chi connectivity index (χ2n) is 7.92. The number of hydrogen-bond acceptors (Lipinski definition) is 3. The topological polar surface area (TPSA) is 42.0 Å². The van der Waals surface area contributed by atoms with Crippen LogP contribution in [0, 0.1) is 11.3 Å². The van der Waals surface area contributed by atoms with Gasteiger partial charge < -0.3 is 14.6 Å². The van der Waals surface area contributed by atoms with Crippen molar-refractivity contribution < 1.29 is 14.6 Å². The summed E-state index contributed by atoms with van der Waals surface area (Å²) in [7, 11) is 1.74. The van der Waals surface area contributed by atoms with Gasteiger partial charge in [0.2, 0.25) is 0 Å². The summed E-state index contributed by atoms with van der Waals surface area (Å²) in [4.78, 5) is 0. The maximum Gasteiger partial charge on any atom is 0.119 e. The number of epoxide rings is 1. The number of aliphatic hydroxyl groups excluding tert-OH is 1. The first-order valence-electron chi connectivity index (χ1n) is 8.63. The van der Waals surface area contributed by atoms with Crippen LogP contribution in [0.5, 0.6) is 5.75 Å². The van der Waals surface area contributed by atoms with E-state index in [0.717, 1.165) is 25.0 Å². The summed E-state index contributed by atoms with van der Waals surface area (Å²) >= 11 is 0. The van der Waals surface area contributed by atoms with E-state index in [0.29, 0.717) is 17.9 Å². The molecule has 2 saturated carbocycles. The van der Waals surface area contributed by atoms with Gasteiger partial charge in [0, 0.05) is 11.8 Å². The van der Waals surface area contributed by atoms with Crippen LogP contribution in [0.25, 0.3) is 0 Å². The number of benzene rings is 1. The molecule has 6 atom stereocenters. The molecule has 3 heteroatoms. The van der Waals surface area contributed by atoms with Crippen molar-refractivity contribution in [3.05, 3.63) is 29.3 Å². The zero-order chi connectivity index (χ0) is 15.1. The highest BCUT2D eigenvalue weighted by Crippen LogP contribution is 2.72. The molecule has 1 aromatic carbocycles.